The predicted molar refractivity (Wildman–Crippen MR) is 21.6 cm³/mol. The Morgan fingerprint density at radius 1 is 1.60 bits per heavy atom. The van der Waals surface area contributed by atoms with E-state index in [2.05, 4.69) is 17.6 Å². The number of hydrogen-bond acceptors (Lipinski definition) is 3. The SMILES string of the molecule is SN1COC1. The molecule has 30 valence electrons. The minimum absolute atomic E-state index is 0.684. The highest BCUT2D eigenvalue weighted by Crippen LogP contribution is 2.01. The second-order valence-electron chi connectivity index (χ2n) is 0.969. The van der Waals surface area contributed by atoms with Gasteiger partial charge in [-0.05, 0) is 0 Å². The summed E-state index contributed by atoms with van der Waals surface area (Å²) in [5.41, 5.74) is 0. The molecule has 0 aromatic rings. The van der Waals surface area contributed by atoms with Gasteiger partial charge in [0, 0.05) is 0 Å². The highest BCUT2D eigenvalue weighted by molar-refractivity contribution is 7.77. The van der Waals surface area contributed by atoms with Crippen LogP contribution in [-0.2, 0) is 4.74 Å². The molecular formula is C2H5NOS. The third kappa shape index (κ3) is 0.560. The van der Waals surface area contributed by atoms with Gasteiger partial charge in [0.1, 0.15) is 13.5 Å². The van der Waals surface area contributed by atoms with Crippen molar-refractivity contribution < 1.29 is 4.74 Å². The Hall–Kier alpha value is 0.270. The molecular weight excluding hydrogens is 86.1 g/mol. The Morgan fingerprint density at radius 3 is 2.00 bits per heavy atom. The highest BCUT2D eigenvalue weighted by atomic mass is 32.1. The maximum Gasteiger partial charge on any atom is 0.112 e. The molecule has 2 nitrogen and oxygen atoms in total. The maximum absolute atomic E-state index is 4.68. The summed E-state index contributed by atoms with van der Waals surface area (Å²) >= 11 is 3.89. The number of ether oxygens (including phenoxy) is 1. The van der Waals surface area contributed by atoms with E-state index in [4.69, 9.17) is 0 Å². The monoisotopic (exact) mass is 91.0 g/mol. The molecule has 1 saturated heterocycles. The molecule has 1 rings (SSSR count). The van der Waals surface area contributed by atoms with Crippen LogP contribution < -0.4 is 0 Å². The largest absolute Gasteiger partial charge is 0.349 e. The molecule has 0 spiro atoms. The standard InChI is InChI=1S/C2H5NOS/c5-3-1-4-2-3/h5H,1-2H2. The average molecular weight is 91.1 g/mol. The van der Waals surface area contributed by atoms with Crippen LogP contribution in [0.2, 0.25) is 0 Å². The topological polar surface area (TPSA) is 12.5 Å². The number of thiol groups is 1. The summed E-state index contributed by atoms with van der Waals surface area (Å²) in [6, 6.07) is 0. The summed E-state index contributed by atoms with van der Waals surface area (Å²) in [5, 5.41) is 0. The van der Waals surface area contributed by atoms with E-state index in [0.717, 1.165) is 0 Å². The molecule has 1 heterocycles. The number of rotatable bonds is 0. The molecule has 1 aliphatic heterocycles. The van der Waals surface area contributed by atoms with Crippen molar-refractivity contribution in [1.82, 2.24) is 4.31 Å². The van der Waals surface area contributed by atoms with Gasteiger partial charge in [0.25, 0.3) is 0 Å². The second-order valence-corrected chi connectivity index (χ2v) is 1.53. The van der Waals surface area contributed by atoms with Gasteiger partial charge in [0.2, 0.25) is 0 Å². The van der Waals surface area contributed by atoms with Crippen molar-refractivity contribution in [2.24, 2.45) is 0 Å². The lowest BCUT2D eigenvalue weighted by molar-refractivity contribution is -0.0797. The van der Waals surface area contributed by atoms with Crippen LogP contribution in [0.25, 0.3) is 0 Å². The van der Waals surface area contributed by atoms with E-state index in [0.29, 0.717) is 13.5 Å². The van der Waals surface area contributed by atoms with Crippen LogP contribution in [0.15, 0.2) is 0 Å². The lowest BCUT2D eigenvalue weighted by Gasteiger charge is -2.23. The minimum atomic E-state index is 0.684. The normalized spacial score (nSPS) is 25.8. The van der Waals surface area contributed by atoms with Crippen molar-refractivity contribution >= 4 is 12.8 Å². The molecule has 0 aliphatic carbocycles. The first-order valence-electron chi connectivity index (χ1n) is 1.41. The molecule has 0 aromatic heterocycles. The van der Waals surface area contributed by atoms with E-state index >= 15 is 0 Å². The zero-order valence-electron chi connectivity index (χ0n) is 2.72. The minimum Gasteiger partial charge on any atom is -0.349 e. The predicted octanol–water partition coefficient (Wildman–Crippen LogP) is 0.0784. The summed E-state index contributed by atoms with van der Waals surface area (Å²) < 4.78 is 6.46. The van der Waals surface area contributed by atoms with Crippen LogP contribution >= 0.6 is 12.8 Å². The number of nitrogens with zero attached hydrogens (tertiary/aromatic N) is 1. The van der Waals surface area contributed by atoms with E-state index in [1.807, 2.05) is 0 Å². The molecule has 1 aliphatic rings. The fraction of sp³-hybridized carbons (Fsp3) is 1.00. The van der Waals surface area contributed by atoms with Crippen LogP contribution in [0, 0.1) is 0 Å². The van der Waals surface area contributed by atoms with Crippen LogP contribution in [-0.4, -0.2) is 17.8 Å². The number of hydrogen-bond donors (Lipinski definition) is 1. The zero-order valence-corrected chi connectivity index (χ0v) is 3.61. The Morgan fingerprint density at radius 2 is 2.00 bits per heavy atom. The van der Waals surface area contributed by atoms with Crippen molar-refractivity contribution in [2.75, 3.05) is 13.5 Å². The quantitative estimate of drug-likeness (QED) is 0.424. The summed E-state index contributed by atoms with van der Waals surface area (Å²) in [5.74, 6) is 0. The fourth-order valence-electron chi connectivity index (χ4n) is 0.173. The Balaban J connectivity index is 2.08. The smallest absolute Gasteiger partial charge is 0.112 e. The molecule has 3 heteroatoms. The summed E-state index contributed by atoms with van der Waals surface area (Å²) in [4.78, 5) is 0. The Kier molecular flexibility index (Phi) is 0.804. The van der Waals surface area contributed by atoms with E-state index in [-0.39, 0.29) is 0 Å². The molecule has 0 saturated carbocycles. The fourth-order valence-corrected chi connectivity index (χ4v) is 0.336. The molecule has 0 amide bonds. The third-order valence-electron chi connectivity index (χ3n) is 0.481. The van der Waals surface area contributed by atoms with E-state index in [1.165, 1.54) is 0 Å². The first kappa shape index (κ1) is 3.46. The van der Waals surface area contributed by atoms with Gasteiger partial charge in [-0.25, -0.2) is 4.31 Å². The maximum atomic E-state index is 4.68. The Bertz CT molecular complexity index is 36.6. The van der Waals surface area contributed by atoms with Crippen LogP contribution in [0.4, 0.5) is 0 Å². The molecule has 0 unspecified atom stereocenters. The summed E-state index contributed by atoms with van der Waals surface area (Å²) in [7, 11) is 0. The zero-order chi connectivity index (χ0) is 3.70. The molecule has 0 bridgehead atoms. The van der Waals surface area contributed by atoms with Gasteiger partial charge in [0.05, 0.1) is 0 Å². The van der Waals surface area contributed by atoms with Gasteiger partial charge in [0.15, 0.2) is 0 Å². The molecule has 0 atom stereocenters. The average Bonchev–Trinajstić information content (AvgIpc) is 1.30. The van der Waals surface area contributed by atoms with Crippen molar-refractivity contribution in [3.05, 3.63) is 0 Å². The summed E-state index contributed by atoms with van der Waals surface area (Å²) in [6.07, 6.45) is 0. The lowest BCUT2D eigenvalue weighted by atomic mass is 11.0. The van der Waals surface area contributed by atoms with Gasteiger partial charge in [-0.1, -0.05) is 12.8 Å². The first-order valence-corrected chi connectivity index (χ1v) is 1.81. The Labute approximate surface area is 36.3 Å². The lowest BCUT2D eigenvalue weighted by Crippen LogP contribution is -2.31. The van der Waals surface area contributed by atoms with Gasteiger partial charge >= 0.3 is 0 Å². The molecule has 0 radical (unpaired) electrons. The molecule has 0 N–H and O–H groups in total. The van der Waals surface area contributed by atoms with Gasteiger partial charge in [-0.15, -0.1) is 0 Å². The van der Waals surface area contributed by atoms with Crippen LogP contribution in [0.3, 0.4) is 0 Å². The van der Waals surface area contributed by atoms with Crippen molar-refractivity contribution in [3.8, 4) is 0 Å². The van der Waals surface area contributed by atoms with Crippen molar-refractivity contribution in [2.45, 2.75) is 0 Å². The highest BCUT2D eigenvalue weighted by Gasteiger charge is 2.06. The second kappa shape index (κ2) is 1.16. The van der Waals surface area contributed by atoms with Gasteiger partial charge in [-0.2, -0.15) is 0 Å². The summed E-state index contributed by atoms with van der Waals surface area (Å²) in [6.45, 7) is 1.37. The van der Waals surface area contributed by atoms with Crippen LogP contribution in [0.5, 0.6) is 0 Å². The molecule has 1 fully saturated rings. The third-order valence-corrected chi connectivity index (χ3v) is 0.712. The van der Waals surface area contributed by atoms with E-state index < -0.39 is 0 Å². The van der Waals surface area contributed by atoms with E-state index in [9.17, 15) is 0 Å². The van der Waals surface area contributed by atoms with Gasteiger partial charge < -0.3 is 4.74 Å². The van der Waals surface area contributed by atoms with Crippen molar-refractivity contribution in [3.63, 3.8) is 0 Å². The first-order chi connectivity index (χ1) is 2.39. The molecule has 0 aromatic carbocycles. The van der Waals surface area contributed by atoms with Crippen molar-refractivity contribution in [1.29, 1.82) is 0 Å². The van der Waals surface area contributed by atoms with E-state index in [1.54, 1.807) is 4.31 Å². The van der Waals surface area contributed by atoms with Gasteiger partial charge in [-0.3, -0.25) is 0 Å². The van der Waals surface area contributed by atoms with Crippen LogP contribution in [0.1, 0.15) is 0 Å². The molecule has 5 heavy (non-hydrogen) atoms.